The van der Waals surface area contributed by atoms with Crippen LogP contribution in [0.15, 0.2) is 88.9 Å². The quantitative estimate of drug-likeness (QED) is 0.237. The van der Waals surface area contributed by atoms with Crippen molar-refractivity contribution < 1.29 is 9.18 Å². The van der Waals surface area contributed by atoms with Crippen molar-refractivity contribution in [3.63, 3.8) is 0 Å². The number of carbonyl (C=O) groups excluding carboxylic acids is 1. The highest BCUT2D eigenvalue weighted by atomic mass is 35.5. The summed E-state index contributed by atoms with van der Waals surface area (Å²) >= 11 is 7.42. The molecule has 2 aliphatic rings. The van der Waals surface area contributed by atoms with Crippen molar-refractivity contribution in [3.05, 3.63) is 106 Å². The molecule has 2 heterocycles. The van der Waals surface area contributed by atoms with Crippen molar-refractivity contribution in [1.82, 2.24) is 9.47 Å². The molecule has 0 atom stereocenters. The number of rotatable bonds is 5. The highest BCUT2D eigenvalue weighted by Gasteiger charge is 2.39. The molecule has 7 heteroatoms. The van der Waals surface area contributed by atoms with Crippen LogP contribution in [0.4, 0.5) is 10.1 Å². The minimum atomic E-state index is -0.389. The maximum atomic E-state index is 14.5. The third kappa shape index (κ3) is 5.03. The summed E-state index contributed by atoms with van der Waals surface area (Å²) in [5.74, 6) is -0.439. The number of aliphatic imine (C=N–C) groups is 1. The fraction of sp³-hybridized carbons (Fsp3) is 0.226. The van der Waals surface area contributed by atoms with Gasteiger partial charge in [-0.3, -0.25) is 9.69 Å². The van der Waals surface area contributed by atoms with Gasteiger partial charge in [-0.1, -0.05) is 73.3 Å². The van der Waals surface area contributed by atoms with Crippen molar-refractivity contribution in [3.8, 4) is 0 Å². The van der Waals surface area contributed by atoms with Crippen LogP contribution >= 0.6 is 23.4 Å². The molecule has 4 nitrogen and oxygen atoms in total. The Morgan fingerprint density at radius 2 is 1.71 bits per heavy atom. The second-order valence-corrected chi connectivity index (χ2v) is 11.2. The molecule has 1 amide bonds. The average Bonchev–Trinajstić information content (AvgIpc) is 3.44. The van der Waals surface area contributed by atoms with Crippen LogP contribution in [0.1, 0.15) is 43.2 Å². The molecule has 2 fully saturated rings. The van der Waals surface area contributed by atoms with Gasteiger partial charge in [-0.15, -0.1) is 0 Å². The average molecular weight is 544 g/mol. The Labute approximate surface area is 230 Å². The number of amides is 1. The van der Waals surface area contributed by atoms with E-state index in [4.69, 9.17) is 11.6 Å². The van der Waals surface area contributed by atoms with Gasteiger partial charge in [-0.25, -0.2) is 9.38 Å². The van der Waals surface area contributed by atoms with Crippen molar-refractivity contribution in [2.75, 3.05) is 0 Å². The van der Waals surface area contributed by atoms with Crippen LogP contribution in [0.5, 0.6) is 0 Å². The van der Waals surface area contributed by atoms with E-state index in [0.29, 0.717) is 21.6 Å². The molecule has 1 aromatic heterocycles. The summed E-state index contributed by atoms with van der Waals surface area (Å²) in [7, 11) is 0. The third-order valence-electron chi connectivity index (χ3n) is 7.22. The Kier molecular flexibility index (Phi) is 7.09. The molecule has 6 rings (SSSR count). The van der Waals surface area contributed by atoms with Gasteiger partial charge in [-0.05, 0) is 66.6 Å². The van der Waals surface area contributed by atoms with E-state index in [1.807, 2.05) is 47.4 Å². The summed E-state index contributed by atoms with van der Waals surface area (Å²) in [5, 5.41) is 2.35. The van der Waals surface area contributed by atoms with Crippen LogP contribution in [0, 0.1) is 5.82 Å². The first-order chi connectivity index (χ1) is 18.6. The molecule has 0 unspecified atom stereocenters. The summed E-state index contributed by atoms with van der Waals surface area (Å²) < 4.78 is 16.7. The first kappa shape index (κ1) is 25.0. The topological polar surface area (TPSA) is 37.6 Å². The lowest BCUT2D eigenvalue weighted by molar-refractivity contribution is -0.124. The maximum Gasteiger partial charge on any atom is 0.267 e. The summed E-state index contributed by atoms with van der Waals surface area (Å²) in [6.45, 7) is 0.691. The molecular formula is C31H27ClFN3OS. The summed E-state index contributed by atoms with van der Waals surface area (Å²) in [5.41, 5.74) is 3.46. The zero-order chi connectivity index (χ0) is 26.1. The highest BCUT2D eigenvalue weighted by Crippen LogP contribution is 2.39. The Hall–Kier alpha value is -3.35. The number of aromatic nitrogens is 1. The minimum absolute atomic E-state index is 0.0495. The predicted octanol–water partition coefficient (Wildman–Crippen LogP) is 8.42. The smallest absolute Gasteiger partial charge is 0.267 e. The Balaban J connectivity index is 1.39. The van der Waals surface area contributed by atoms with Gasteiger partial charge in [0.2, 0.25) is 0 Å². The number of fused-ring (bicyclic) bond motifs is 1. The molecule has 192 valence electrons. The van der Waals surface area contributed by atoms with Gasteiger partial charge < -0.3 is 4.57 Å². The number of para-hydroxylation sites is 2. The van der Waals surface area contributed by atoms with Crippen molar-refractivity contribution in [1.29, 1.82) is 0 Å². The first-order valence-corrected chi connectivity index (χ1v) is 14.1. The first-order valence-electron chi connectivity index (χ1n) is 13.0. The fourth-order valence-corrected chi connectivity index (χ4v) is 6.49. The van der Waals surface area contributed by atoms with E-state index >= 15 is 0 Å². The second-order valence-electron chi connectivity index (χ2n) is 9.78. The normalized spacial score (nSPS) is 18.8. The van der Waals surface area contributed by atoms with Crippen LogP contribution in [0.25, 0.3) is 17.0 Å². The third-order valence-corrected chi connectivity index (χ3v) is 8.45. The standard InChI is InChI=1S/C31H27ClFN3OS/c32-23-16-14-21(15-17-23)19-35-20-22(25-10-4-7-13-28(25)35)18-29-30(37)36(24-8-2-1-3-9-24)31(38-29)34-27-12-6-5-11-26(27)33/h4-7,10-18,20,24H,1-3,8-9,19H2/b29-18-,34-31?. The summed E-state index contributed by atoms with van der Waals surface area (Å²) in [6, 6.07) is 22.6. The van der Waals surface area contributed by atoms with Crippen molar-refractivity contribution in [2.24, 2.45) is 4.99 Å². The van der Waals surface area contributed by atoms with E-state index < -0.39 is 0 Å². The zero-order valence-electron chi connectivity index (χ0n) is 20.8. The molecule has 0 radical (unpaired) electrons. The van der Waals surface area contributed by atoms with E-state index in [1.54, 1.807) is 18.2 Å². The number of nitrogens with zero attached hydrogens (tertiary/aromatic N) is 3. The van der Waals surface area contributed by atoms with Crippen LogP contribution < -0.4 is 0 Å². The molecule has 1 aliphatic carbocycles. The number of benzene rings is 3. The number of hydrogen-bond acceptors (Lipinski definition) is 3. The Morgan fingerprint density at radius 1 is 0.974 bits per heavy atom. The number of halogens is 2. The molecule has 1 saturated heterocycles. The van der Waals surface area contributed by atoms with Gasteiger partial charge in [0.15, 0.2) is 5.17 Å². The van der Waals surface area contributed by atoms with Crippen LogP contribution in [-0.4, -0.2) is 26.6 Å². The van der Waals surface area contributed by atoms with E-state index in [2.05, 4.69) is 27.9 Å². The molecular weight excluding hydrogens is 517 g/mol. The van der Waals surface area contributed by atoms with Crippen molar-refractivity contribution >= 4 is 57.1 Å². The number of thioether (sulfide) groups is 1. The van der Waals surface area contributed by atoms with E-state index in [-0.39, 0.29) is 23.5 Å². The van der Waals surface area contributed by atoms with E-state index in [9.17, 15) is 9.18 Å². The fourth-order valence-electron chi connectivity index (χ4n) is 5.32. The second kappa shape index (κ2) is 10.8. The minimum Gasteiger partial charge on any atom is -0.342 e. The van der Waals surface area contributed by atoms with Crippen LogP contribution in [0.2, 0.25) is 5.02 Å². The molecule has 0 spiro atoms. The molecule has 3 aromatic carbocycles. The lowest BCUT2D eigenvalue weighted by Gasteiger charge is -2.30. The molecule has 0 N–H and O–H groups in total. The number of hydrogen-bond donors (Lipinski definition) is 0. The monoisotopic (exact) mass is 543 g/mol. The SMILES string of the molecule is O=C1/C(=C/c2cn(Cc3ccc(Cl)cc3)c3ccccc23)SC(=Nc2ccccc2F)N1C1CCCCC1. The predicted molar refractivity (Wildman–Crippen MR) is 155 cm³/mol. The van der Waals surface area contributed by atoms with Gasteiger partial charge in [-0.2, -0.15) is 0 Å². The van der Waals surface area contributed by atoms with Crippen LogP contribution in [-0.2, 0) is 11.3 Å². The molecule has 0 bridgehead atoms. The van der Waals surface area contributed by atoms with E-state index in [1.165, 1.54) is 24.2 Å². The maximum absolute atomic E-state index is 14.5. The van der Waals surface area contributed by atoms with Gasteiger partial charge >= 0.3 is 0 Å². The highest BCUT2D eigenvalue weighted by molar-refractivity contribution is 8.18. The van der Waals surface area contributed by atoms with Gasteiger partial charge in [0.25, 0.3) is 5.91 Å². The van der Waals surface area contributed by atoms with Crippen LogP contribution in [0.3, 0.4) is 0 Å². The molecule has 4 aromatic rings. The Morgan fingerprint density at radius 3 is 2.50 bits per heavy atom. The van der Waals surface area contributed by atoms with Gasteiger partial charge in [0, 0.05) is 40.3 Å². The molecule has 1 saturated carbocycles. The zero-order valence-corrected chi connectivity index (χ0v) is 22.4. The molecule has 38 heavy (non-hydrogen) atoms. The van der Waals surface area contributed by atoms with E-state index in [0.717, 1.165) is 47.7 Å². The summed E-state index contributed by atoms with van der Waals surface area (Å²) in [4.78, 5) is 20.9. The van der Waals surface area contributed by atoms with Gasteiger partial charge in [0.05, 0.1) is 4.91 Å². The number of carbonyl (C=O) groups is 1. The number of amidine groups is 1. The lowest BCUT2D eigenvalue weighted by Crippen LogP contribution is -2.40. The van der Waals surface area contributed by atoms with Gasteiger partial charge in [0.1, 0.15) is 11.5 Å². The largest absolute Gasteiger partial charge is 0.342 e. The lowest BCUT2D eigenvalue weighted by atomic mass is 9.94. The summed E-state index contributed by atoms with van der Waals surface area (Å²) in [6.07, 6.45) is 9.30. The molecule has 1 aliphatic heterocycles. The Bertz CT molecular complexity index is 1550. The van der Waals surface area contributed by atoms with Crippen molar-refractivity contribution in [2.45, 2.75) is 44.7 Å².